The predicted molar refractivity (Wildman–Crippen MR) is 68.5 cm³/mol. The maximum Gasteiger partial charge on any atom is 0.121 e. The monoisotopic (exact) mass is 227 g/mol. The van der Waals surface area contributed by atoms with Gasteiger partial charge in [0.2, 0.25) is 0 Å². The maximum atomic E-state index is 9.82. The zero-order valence-electron chi connectivity index (χ0n) is 10.3. The van der Waals surface area contributed by atoms with Crippen molar-refractivity contribution in [2.75, 3.05) is 0 Å². The van der Waals surface area contributed by atoms with E-state index in [0.717, 1.165) is 17.7 Å². The molecule has 0 radical (unpaired) electrons. The van der Waals surface area contributed by atoms with Crippen LogP contribution < -0.4 is 0 Å². The van der Waals surface area contributed by atoms with Crippen LogP contribution in [0.1, 0.15) is 34.7 Å². The lowest BCUT2D eigenvalue weighted by atomic mass is 9.92. The van der Waals surface area contributed by atoms with E-state index in [1.54, 1.807) is 0 Å². The third-order valence-corrected chi connectivity index (χ3v) is 3.80. The third kappa shape index (κ3) is 1.55. The summed E-state index contributed by atoms with van der Waals surface area (Å²) < 4.78 is 2.32. The molecule has 2 heterocycles. The van der Waals surface area contributed by atoms with Crippen LogP contribution in [0.2, 0.25) is 0 Å². The van der Waals surface area contributed by atoms with E-state index in [9.17, 15) is 5.11 Å². The summed E-state index contributed by atoms with van der Waals surface area (Å²) in [6, 6.07) is 8.56. The number of benzene rings is 1. The van der Waals surface area contributed by atoms with Gasteiger partial charge in [0.15, 0.2) is 0 Å². The van der Waals surface area contributed by atoms with Gasteiger partial charge in [-0.05, 0) is 49.1 Å². The first kappa shape index (κ1) is 10.5. The summed E-state index contributed by atoms with van der Waals surface area (Å²) in [5.41, 5.74) is 4.68. The Morgan fingerprint density at radius 2 is 1.94 bits per heavy atom. The molecule has 1 N–H and O–H groups in total. The number of fused-ring (bicyclic) bond motifs is 1. The fraction of sp³-hybridized carbons (Fsp3) is 0.333. The van der Waals surface area contributed by atoms with E-state index >= 15 is 0 Å². The fourth-order valence-electron chi connectivity index (χ4n) is 2.89. The second-order valence-electron chi connectivity index (χ2n) is 4.97. The van der Waals surface area contributed by atoms with Crippen LogP contribution in [-0.2, 0) is 6.54 Å². The van der Waals surface area contributed by atoms with Crippen LogP contribution in [0.3, 0.4) is 0 Å². The smallest absolute Gasteiger partial charge is 0.121 e. The highest BCUT2D eigenvalue weighted by Crippen LogP contribution is 2.37. The molecule has 2 heteroatoms. The number of phenolic OH excluding ortho intramolecular Hbond substituents is 1. The second-order valence-corrected chi connectivity index (χ2v) is 4.97. The fourth-order valence-corrected chi connectivity index (χ4v) is 2.89. The molecule has 0 aliphatic carbocycles. The van der Waals surface area contributed by atoms with Crippen LogP contribution in [0.15, 0.2) is 30.5 Å². The molecule has 0 bridgehead atoms. The van der Waals surface area contributed by atoms with Crippen LogP contribution in [0.5, 0.6) is 5.75 Å². The van der Waals surface area contributed by atoms with Gasteiger partial charge in [-0.3, -0.25) is 0 Å². The molecule has 2 aromatic rings. The standard InChI is InChI=1S/C15H17NO/c1-10-8-12(9-11(2)15(10)17)13-5-7-16-6-3-4-14(13)16/h3-4,6,8-9,13,17H,5,7H2,1-2H3/t13-/m1/s1. The number of aryl methyl sites for hydroxylation is 3. The van der Waals surface area contributed by atoms with Crippen molar-refractivity contribution in [3.63, 3.8) is 0 Å². The van der Waals surface area contributed by atoms with Gasteiger partial charge in [0.1, 0.15) is 5.75 Å². The molecular formula is C15H17NO. The van der Waals surface area contributed by atoms with Crippen LogP contribution in [0, 0.1) is 13.8 Å². The highest BCUT2D eigenvalue weighted by molar-refractivity contribution is 5.45. The Morgan fingerprint density at radius 3 is 2.65 bits per heavy atom. The van der Waals surface area contributed by atoms with Crippen LogP contribution in [0.25, 0.3) is 0 Å². The molecule has 2 nitrogen and oxygen atoms in total. The maximum absolute atomic E-state index is 9.82. The van der Waals surface area contributed by atoms with Crippen molar-refractivity contribution < 1.29 is 5.11 Å². The lowest BCUT2D eigenvalue weighted by molar-refractivity contribution is 0.466. The minimum atomic E-state index is 0.433. The van der Waals surface area contributed by atoms with E-state index in [4.69, 9.17) is 0 Å². The first-order valence-electron chi connectivity index (χ1n) is 6.12. The summed E-state index contributed by atoms with van der Waals surface area (Å²) in [5, 5.41) is 9.82. The normalized spacial score (nSPS) is 18.4. The summed E-state index contributed by atoms with van der Waals surface area (Å²) in [7, 11) is 0. The Hall–Kier alpha value is -1.70. The third-order valence-electron chi connectivity index (χ3n) is 3.80. The van der Waals surface area contributed by atoms with E-state index in [0.29, 0.717) is 11.7 Å². The molecule has 1 aliphatic heterocycles. The molecule has 17 heavy (non-hydrogen) atoms. The Morgan fingerprint density at radius 1 is 1.24 bits per heavy atom. The van der Waals surface area contributed by atoms with Crippen molar-refractivity contribution in [2.45, 2.75) is 32.7 Å². The summed E-state index contributed by atoms with van der Waals surface area (Å²) in [4.78, 5) is 0. The van der Waals surface area contributed by atoms with Gasteiger partial charge < -0.3 is 9.67 Å². The van der Waals surface area contributed by atoms with E-state index in [1.807, 2.05) is 13.8 Å². The zero-order valence-corrected chi connectivity index (χ0v) is 10.3. The molecule has 0 fully saturated rings. The van der Waals surface area contributed by atoms with E-state index in [-0.39, 0.29) is 0 Å². The first-order chi connectivity index (χ1) is 8.16. The van der Waals surface area contributed by atoms with Crippen molar-refractivity contribution in [1.82, 2.24) is 4.57 Å². The van der Waals surface area contributed by atoms with Crippen molar-refractivity contribution in [3.8, 4) is 5.75 Å². The molecular weight excluding hydrogens is 210 g/mol. The van der Waals surface area contributed by atoms with Gasteiger partial charge in [-0.15, -0.1) is 0 Å². The van der Waals surface area contributed by atoms with Crippen LogP contribution in [0.4, 0.5) is 0 Å². The van der Waals surface area contributed by atoms with Gasteiger partial charge in [0.05, 0.1) is 0 Å². The van der Waals surface area contributed by atoms with Crippen molar-refractivity contribution in [1.29, 1.82) is 0 Å². The SMILES string of the molecule is Cc1cc([C@H]2CCn3cccc32)cc(C)c1O. The minimum Gasteiger partial charge on any atom is -0.507 e. The Labute approximate surface area is 102 Å². The van der Waals surface area contributed by atoms with E-state index < -0.39 is 0 Å². The quantitative estimate of drug-likeness (QED) is 0.794. The number of aromatic hydroxyl groups is 1. The highest BCUT2D eigenvalue weighted by atomic mass is 16.3. The molecule has 1 aliphatic rings. The Balaban J connectivity index is 2.07. The second kappa shape index (κ2) is 3.66. The summed E-state index contributed by atoms with van der Waals surface area (Å²) >= 11 is 0. The number of aromatic nitrogens is 1. The molecule has 0 saturated carbocycles. The zero-order chi connectivity index (χ0) is 12.0. The largest absolute Gasteiger partial charge is 0.507 e. The first-order valence-corrected chi connectivity index (χ1v) is 6.12. The molecule has 88 valence electrons. The topological polar surface area (TPSA) is 25.2 Å². The molecule has 0 saturated heterocycles. The van der Waals surface area contributed by atoms with Crippen LogP contribution in [-0.4, -0.2) is 9.67 Å². The van der Waals surface area contributed by atoms with E-state index in [1.165, 1.54) is 17.7 Å². The van der Waals surface area contributed by atoms with Crippen molar-refractivity contribution >= 4 is 0 Å². The average molecular weight is 227 g/mol. The minimum absolute atomic E-state index is 0.433. The molecule has 0 spiro atoms. The van der Waals surface area contributed by atoms with E-state index in [2.05, 4.69) is 35.0 Å². The molecule has 1 atom stereocenters. The van der Waals surface area contributed by atoms with Crippen molar-refractivity contribution in [2.24, 2.45) is 0 Å². The van der Waals surface area contributed by atoms with Gasteiger partial charge >= 0.3 is 0 Å². The molecule has 1 aromatic carbocycles. The lowest BCUT2D eigenvalue weighted by Crippen LogP contribution is -1.98. The van der Waals surface area contributed by atoms with Gasteiger partial charge in [0.25, 0.3) is 0 Å². The molecule has 3 rings (SSSR count). The van der Waals surface area contributed by atoms with Gasteiger partial charge in [-0.25, -0.2) is 0 Å². The summed E-state index contributed by atoms with van der Waals surface area (Å²) in [6.07, 6.45) is 3.31. The number of nitrogens with zero attached hydrogens (tertiary/aromatic N) is 1. The number of rotatable bonds is 1. The summed E-state index contributed by atoms with van der Waals surface area (Å²) in [6.45, 7) is 5.05. The molecule has 0 amide bonds. The average Bonchev–Trinajstić information content (AvgIpc) is 2.86. The van der Waals surface area contributed by atoms with Gasteiger partial charge in [-0.1, -0.05) is 12.1 Å². The molecule has 0 unspecified atom stereocenters. The van der Waals surface area contributed by atoms with Crippen molar-refractivity contribution in [3.05, 3.63) is 52.8 Å². The van der Waals surface area contributed by atoms with Gasteiger partial charge in [0, 0.05) is 24.4 Å². The predicted octanol–water partition coefficient (Wildman–Crippen LogP) is 3.35. The number of hydrogen-bond acceptors (Lipinski definition) is 1. The summed E-state index contributed by atoms with van der Waals surface area (Å²) in [5.74, 6) is 0.921. The molecule has 1 aromatic heterocycles. The Kier molecular flexibility index (Phi) is 2.25. The van der Waals surface area contributed by atoms with Gasteiger partial charge in [-0.2, -0.15) is 0 Å². The lowest BCUT2D eigenvalue weighted by Gasteiger charge is -2.13. The Bertz CT molecular complexity index is 545. The highest BCUT2D eigenvalue weighted by Gasteiger charge is 2.24. The van der Waals surface area contributed by atoms with Crippen LogP contribution >= 0.6 is 0 Å². The number of hydrogen-bond donors (Lipinski definition) is 1. The number of phenols is 1.